The molecule has 3 aromatic rings. The van der Waals surface area contributed by atoms with Gasteiger partial charge in [-0.15, -0.1) is 0 Å². The number of carbonyl (C=O) groups is 3. The predicted octanol–water partition coefficient (Wildman–Crippen LogP) is 4.16. The van der Waals surface area contributed by atoms with Gasteiger partial charge in [0.1, 0.15) is 16.9 Å². The molecule has 3 rings (SSSR count). The number of carbonyl (C=O) groups excluding carboxylic acids is 3. The highest BCUT2D eigenvalue weighted by atomic mass is 16.6. The van der Waals surface area contributed by atoms with Crippen molar-refractivity contribution in [3.05, 3.63) is 48.0 Å². The molecule has 2 aromatic heterocycles. The molecule has 0 aliphatic heterocycles. The number of hydrogen-bond acceptors (Lipinski definition) is 6. The van der Waals surface area contributed by atoms with Crippen LogP contribution in [0.25, 0.3) is 11.0 Å². The van der Waals surface area contributed by atoms with Crippen LogP contribution in [-0.4, -0.2) is 35.2 Å². The van der Waals surface area contributed by atoms with Crippen molar-refractivity contribution in [2.24, 2.45) is 7.05 Å². The van der Waals surface area contributed by atoms with Crippen LogP contribution in [-0.2, 0) is 16.5 Å². The minimum absolute atomic E-state index is 0.0799. The van der Waals surface area contributed by atoms with Gasteiger partial charge in [0.05, 0.1) is 12.8 Å². The molecule has 0 atom stereocenters. The number of amides is 2. The summed E-state index contributed by atoms with van der Waals surface area (Å²) in [5, 5.41) is 6.04. The molecule has 30 heavy (non-hydrogen) atoms. The largest absolute Gasteiger partial charge is 0.463 e. The molecule has 9 nitrogen and oxygen atoms in total. The minimum Gasteiger partial charge on any atom is -0.463 e. The van der Waals surface area contributed by atoms with Crippen molar-refractivity contribution in [3.63, 3.8) is 0 Å². The number of furan rings is 1. The van der Waals surface area contributed by atoms with Crippen LogP contribution in [0.3, 0.4) is 0 Å². The molecular formula is C21H23N3O6. The van der Waals surface area contributed by atoms with Crippen LogP contribution in [0.5, 0.6) is 0 Å². The fourth-order valence-electron chi connectivity index (χ4n) is 2.80. The second kappa shape index (κ2) is 7.94. The molecule has 9 heteroatoms. The Balaban J connectivity index is 1.73. The van der Waals surface area contributed by atoms with Gasteiger partial charge >= 0.3 is 12.1 Å². The van der Waals surface area contributed by atoms with Crippen LogP contribution in [0.2, 0.25) is 0 Å². The number of fused-ring (bicyclic) bond motifs is 1. The quantitative estimate of drug-likeness (QED) is 0.621. The second-order valence-corrected chi connectivity index (χ2v) is 7.66. The van der Waals surface area contributed by atoms with Crippen molar-refractivity contribution in [2.45, 2.75) is 26.4 Å². The van der Waals surface area contributed by atoms with Crippen LogP contribution in [0.15, 0.2) is 40.9 Å². The van der Waals surface area contributed by atoms with Gasteiger partial charge in [-0.2, -0.15) is 0 Å². The highest BCUT2D eigenvalue weighted by Crippen LogP contribution is 2.24. The Hall–Kier alpha value is -3.75. The van der Waals surface area contributed by atoms with Gasteiger partial charge in [-0.1, -0.05) is 0 Å². The van der Waals surface area contributed by atoms with E-state index >= 15 is 0 Å². The first-order valence-electron chi connectivity index (χ1n) is 9.15. The first-order chi connectivity index (χ1) is 14.1. The zero-order valence-electron chi connectivity index (χ0n) is 17.4. The standard InChI is InChI=1S/C21H23N3O6/c1-21(2,3)30-20(27)23-14-10-15(24(4)11-14)18(25)22-13-6-7-16-12(8-13)9-17(29-16)19(26)28-5/h6-11H,1-5H3,(H,22,25)(H,23,27). The van der Waals surface area contributed by atoms with Gasteiger partial charge in [0, 0.05) is 24.3 Å². The Bertz CT molecular complexity index is 1120. The number of aromatic nitrogens is 1. The summed E-state index contributed by atoms with van der Waals surface area (Å²) in [7, 11) is 2.96. The summed E-state index contributed by atoms with van der Waals surface area (Å²) in [5.41, 5.74) is 1.16. The van der Waals surface area contributed by atoms with E-state index in [9.17, 15) is 14.4 Å². The van der Waals surface area contributed by atoms with Crippen LogP contribution in [0.1, 0.15) is 41.8 Å². The molecule has 0 bridgehead atoms. The number of ether oxygens (including phenoxy) is 2. The van der Waals surface area contributed by atoms with Crippen molar-refractivity contribution in [2.75, 3.05) is 17.7 Å². The van der Waals surface area contributed by atoms with Crippen molar-refractivity contribution < 1.29 is 28.3 Å². The summed E-state index contributed by atoms with van der Waals surface area (Å²) >= 11 is 0. The number of methoxy groups -OCH3 is 1. The van der Waals surface area contributed by atoms with Crippen LogP contribution >= 0.6 is 0 Å². The van der Waals surface area contributed by atoms with Gasteiger partial charge in [0.25, 0.3) is 5.91 Å². The van der Waals surface area contributed by atoms with E-state index in [1.807, 2.05) is 0 Å². The molecule has 2 amide bonds. The summed E-state index contributed by atoms with van der Waals surface area (Å²) in [6, 6.07) is 8.09. The Morgan fingerprint density at radius 1 is 1.03 bits per heavy atom. The van der Waals surface area contributed by atoms with Gasteiger partial charge in [-0.3, -0.25) is 10.1 Å². The lowest BCUT2D eigenvalue weighted by molar-refractivity contribution is 0.0566. The molecule has 0 saturated carbocycles. The molecule has 0 fully saturated rings. The fraction of sp³-hybridized carbons (Fsp3) is 0.286. The lowest BCUT2D eigenvalue weighted by Gasteiger charge is -2.19. The Morgan fingerprint density at radius 3 is 2.43 bits per heavy atom. The average Bonchev–Trinajstić information content (AvgIpc) is 3.22. The molecular weight excluding hydrogens is 390 g/mol. The summed E-state index contributed by atoms with van der Waals surface area (Å²) in [6.45, 7) is 5.30. The molecule has 0 unspecified atom stereocenters. The number of aryl methyl sites for hydroxylation is 1. The first-order valence-corrected chi connectivity index (χ1v) is 9.15. The average molecular weight is 413 g/mol. The number of esters is 1. The van der Waals surface area contributed by atoms with Crippen LogP contribution < -0.4 is 10.6 Å². The van der Waals surface area contributed by atoms with E-state index < -0.39 is 17.7 Å². The van der Waals surface area contributed by atoms with Crippen molar-refractivity contribution >= 4 is 40.3 Å². The Morgan fingerprint density at radius 2 is 1.77 bits per heavy atom. The van der Waals surface area contributed by atoms with Crippen LogP contribution in [0, 0.1) is 0 Å². The smallest absolute Gasteiger partial charge is 0.412 e. The molecule has 0 aliphatic carbocycles. The maximum Gasteiger partial charge on any atom is 0.412 e. The molecule has 0 radical (unpaired) electrons. The highest BCUT2D eigenvalue weighted by molar-refractivity contribution is 6.05. The number of anilines is 2. The van der Waals surface area contributed by atoms with E-state index in [1.54, 1.807) is 68.9 Å². The van der Waals surface area contributed by atoms with Gasteiger partial charge < -0.3 is 23.8 Å². The lowest BCUT2D eigenvalue weighted by atomic mass is 10.2. The zero-order valence-corrected chi connectivity index (χ0v) is 17.4. The maximum absolute atomic E-state index is 12.7. The topological polar surface area (TPSA) is 112 Å². The lowest BCUT2D eigenvalue weighted by Crippen LogP contribution is -2.27. The van der Waals surface area contributed by atoms with E-state index in [4.69, 9.17) is 9.15 Å². The van der Waals surface area contributed by atoms with Crippen molar-refractivity contribution in [1.82, 2.24) is 4.57 Å². The Kier molecular flexibility index (Phi) is 5.55. The summed E-state index contributed by atoms with van der Waals surface area (Å²) < 4.78 is 16.9. The van der Waals surface area contributed by atoms with E-state index in [0.29, 0.717) is 28.0 Å². The maximum atomic E-state index is 12.7. The summed E-state index contributed by atoms with van der Waals surface area (Å²) in [6.07, 6.45) is 1.01. The third-order valence-corrected chi connectivity index (χ3v) is 4.04. The van der Waals surface area contributed by atoms with E-state index in [1.165, 1.54) is 7.11 Å². The minimum atomic E-state index is -0.626. The van der Waals surface area contributed by atoms with Crippen LogP contribution in [0.4, 0.5) is 16.2 Å². The molecule has 2 N–H and O–H groups in total. The number of hydrogen-bond donors (Lipinski definition) is 2. The second-order valence-electron chi connectivity index (χ2n) is 7.66. The number of nitrogens with one attached hydrogen (secondary N) is 2. The molecule has 1 aromatic carbocycles. The zero-order chi connectivity index (χ0) is 22.1. The first kappa shape index (κ1) is 21.0. The molecule has 158 valence electrons. The number of benzene rings is 1. The fourth-order valence-corrected chi connectivity index (χ4v) is 2.80. The van der Waals surface area contributed by atoms with E-state index in [2.05, 4.69) is 15.4 Å². The van der Waals surface area contributed by atoms with E-state index in [0.717, 1.165) is 0 Å². The van der Waals surface area contributed by atoms with Gasteiger partial charge in [0.15, 0.2) is 0 Å². The van der Waals surface area contributed by atoms with Gasteiger partial charge in [-0.05, 0) is 51.1 Å². The van der Waals surface area contributed by atoms with Crippen molar-refractivity contribution in [3.8, 4) is 0 Å². The van der Waals surface area contributed by atoms with Crippen molar-refractivity contribution in [1.29, 1.82) is 0 Å². The normalized spacial score (nSPS) is 11.2. The van der Waals surface area contributed by atoms with Gasteiger partial charge in [0.2, 0.25) is 5.76 Å². The summed E-state index contributed by atoms with van der Waals surface area (Å²) in [5.74, 6) is -0.868. The SMILES string of the molecule is COC(=O)c1cc2cc(NC(=O)c3cc(NC(=O)OC(C)(C)C)cn3C)ccc2o1. The predicted molar refractivity (Wildman–Crippen MR) is 111 cm³/mol. The molecule has 2 heterocycles. The molecule has 0 aliphatic rings. The molecule has 0 saturated heterocycles. The molecule has 0 spiro atoms. The number of rotatable bonds is 4. The van der Waals surface area contributed by atoms with E-state index in [-0.39, 0.29) is 11.7 Å². The third-order valence-electron chi connectivity index (χ3n) is 4.04. The third kappa shape index (κ3) is 4.80. The number of nitrogens with zero attached hydrogens (tertiary/aromatic N) is 1. The Labute approximate surface area is 172 Å². The monoisotopic (exact) mass is 413 g/mol. The summed E-state index contributed by atoms with van der Waals surface area (Å²) in [4.78, 5) is 36.2. The highest BCUT2D eigenvalue weighted by Gasteiger charge is 2.19. The van der Waals surface area contributed by atoms with Gasteiger partial charge in [-0.25, -0.2) is 9.59 Å².